The Kier molecular flexibility index (Phi) is 5.07. The number of aryl methyl sites for hydroxylation is 1. The van der Waals surface area contributed by atoms with E-state index in [2.05, 4.69) is 52.6 Å². The average molecular weight is 366 g/mol. The fourth-order valence-electron chi connectivity index (χ4n) is 3.85. The Labute approximate surface area is 160 Å². The molecule has 1 aliphatic carbocycles. The third-order valence-electron chi connectivity index (χ3n) is 5.36. The van der Waals surface area contributed by atoms with Crippen LogP contribution >= 0.6 is 11.6 Å². The summed E-state index contributed by atoms with van der Waals surface area (Å²) < 4.78 is 0. The van der Waals surface area contributed by atoms with Crippen molar-refractivity contribution < 1.29 is 0 Å². The zero-order valence-electron chi connectivity index (χ0n) is 15.1. The molecule has 3 nitrogen and oxygen atoms in total. The van der Waals surface area contributed by atoms with Crippen molar-refractivity contribution in [1.29, 1.82) is 0 Å². The Bertz CT molecular complexity index is 802. The van der Waals surface area contributed by atoms with Crippen LogP contribution in [0.15, 0.2) is 64.9 Å². The normalized spacial score (nSPS) is 20.9. The molecule has 0 aromatic heterocycles. The molecule has 1 atom stereocenters. The van der Waals surface area contributed by atoms with Crippen LogP contribution in [0.1, 0.15) is 54.8 Å². The zero-order valence-corrected chi connectivity index (χ0v) is 15.9. The Morgan fingerprint density at radius 1 is 0.923 bits per heavy atom. The van der Waals surface area contributed by atoms with Crippen LogP contribution in [0.25, 0.3) is 5.70 Å². The van der Waals surface area contributed by atoms with E-state index >= 15 is 0 Å². The van der Waals surface area contributed by atoms with Crippen LogP contribution in [0.5, 0.6) is 0 Å². The molecular weight excluding hydrogens is 342 g/mol. The number of nitrogens with zero attached hydrogens (tertiary/aromatic N) is 3. The molecule has 2 aliphatic rings. The van der Waals surface area contributed by atoms with E-state index in [4.69, 9.17) is 11.6 Å². The van der Waals surface area contributed by atoms with Crippen molar-refractivity contribution in [2.75, 3.05) is 0 Å². The van der Waals surface area contributed by atoms with E-state index in [9.17, 15) is 0 Å². The van der Waals surface area contributed by atoms with Crippen LogP contribution in [0.4, 0.5) is 0 Å². The molecule has 2 aromatic rings. The molecule has 2 aromatic carbocycles. The highest BCUT2D eigenvalue weighted by Gasteiger charge is 2.29. The Morgan fingerprint density at radius 2 is 1.62 bits per heavy atom. The highest BCUT2D eigenvalue weighted by molar-refractivity contribution is 6.30. The maximum Gasteiger partial charge on any atom is 0.0945 e. The van der Waals surface area contributed by atoms with Gasteiger partial charge in [0.05, 0.1) is 11.7 Å². The van der Waals surface area contributed by atoms with E-state index in [1.807, 2.05) is 24.3 Å². The molecule has 4 heteroatoms. The summed E-state index contributed by atoms with van der Waals surface area (Å²) in [6.07, 6.45) is 8.55. The second kappa shape index (κ2) is 7.63. The molecule has 4 rings (SSSR count). The molecule has 1 fully saturated rings. The molecule has 0 saturated heterocycles. The van der Waals surface area contributed by atoms with Crippen molar-refractivity contribution in [2.24, 2.45) is 10.3 Å². The summed E-state index contributed by atoms with van der Waals surface area (Å²) in [6, 6.07) is 17.2. The van der Waals surface area contributed by atoms with Gasteiger partial charge in [-0.25, -0.2) is 0 Å². The maximum atomic E-state index is 6.03. The molecule has 1 heterocycles. The standard InChI is InChI=1S/C22H24ClN3/c1-16-7-9-18(10-8-16)22-15-21(17-11-13-19(23)14-12-17)24-25-26(22)20-5-3-2-4-6-20/h7-15,20,22H,2-6H2,1H3. The van der Waals surface area contributed by atoms with Crippen LogP contribution in [0, 0.1) is 6.92 Å². The first kappa shape index (κ1) is 17.3. The van der Waals surface area contributed by atoms with Crippen LogP contribution in [0.3, 0.4) is 0 Å². The van der Waals surface area contributed by atoms with Gasteiger partial charge in [-0.2, -0.15) is 0 Å². The van der Waals surface area contributed by atoms with Gasteiger partial charge in [-0.05, 0) is 43.5 Å². The van der Waals surface area contributed by atoms with Gasteiger partial charge < -0.3 is 0 Å². The van der Waals surface area contributed by atoms with Crippen molar-refractivity contribution in [3.05, 3.63) is 76.3 Å². The summed E-state index contributed by atoms with van der Waals surface area (Å²) >= 11 is 6.03. The fraction of sp³-hybridized carbons (Fsp3) is 0.364. The number of hydrogen-bond acceptors (Lipinski definition) is 3. The fourth-order valence-corrected chi connectivity index (χ4v) is 3.97. The molecule has 1 saturated carbocycles. The van der Waals surface area contributed by atoms with Gasteiger partial charge in [0, 0.05) is 16.6 Å². The highest BCUT2D eigenvalue weighted by atomic mass is 35.5. The van der Waals surface area contributed by atoms with Crippen molar-refractivity contribution >= 4 is 17.3 Å². The summed E-state index contributed by atoms with van der Waals surface area (Å²) in [5.41, 5.74) is 4.52. The summed E-state index contributed by atoms with van der Waals surface area (Å²) in [7, 11) is 0. The third-order valence-corrected chi connectivity index (χ3v) is 5.62. The Balaban J connectivity index is 1.69. The van der Waals surface area contributed by atoms with Crippen molar-refractivity contribution in [1.82, 2.24) is 5.01 Å². The van der Waals surface area contributed by atoms with E-state index in [1.54, 1.807) is 0 Å². The molecule has 0 bridgehead atoms. The average Bonchev–Trinajstić information content (AvgIpc) is 2.69. The summed E-state index contributed by atoms with van der Waals surface area (Å²) in [5, 5.41) is 12.2. The summed E-state index contributed by atoms with van der Waals surface area (Å²) in [4.78, 5) is 0. The monoisotopic (exact) mass is 365 g/mol. The minimum atomic E-state index is 0.127. The first-order valence-electron chi connectivity index (χ1n) is 9.45. The third kappa shape index (κ3) is 3.68. The van der Waals surface area contributed by atoms with E-state index in [0.717, 1.165) is 16.3 Å². The van der Waals surface area contributed by atoms with E-state index < -0.39 is 0 Å². The van der Waals surface area contributed by atoms with Gasteiger partial charge >= 0.3 is 0 Å². The van der Waals surface area contributed by atoms with E-state index in [1.165, 1.54) is 43.2 Å². The minimum absolute atomic E-state index is 0.127. The lowest BCUT2D eigenvalue weighted by atomic mass is 9.92. The van der Waals surface area contributed by atoms with Gasteiger partial charge in [0.1, 0.15) is 0 Å². The SMILES string of the molecule is Cc1ccc(C2C=C(c3ccc(Cl)cc3)N=NN2C2CCCCC2)cc1. The quantitative estimate of drug-likeness (QED) is 0.591. The van der Waals surface area contributed by atoms with Crippen LogP contribution in [-0.2, 0) is 0 Å². The molecule has 0 N–H and O–H groups in total. The first-order chi connectivity index (χ1) is 12.7. The van der Waals surface area contributed by atoms with Gasteiger partial charge in [-0.1, -0.05) is 78.0 Å². The first-order valence-corrected chi connectivity index (χ1v) is 9.83. The molecule has 26 heavy (non-hydrogen) atoms. The van der Waals surface area contributed by atoms with Gasteiger partial charge in [0.15, 0.2) is 0 Å². The second-order valence-corrected chi connectivity index (χ2v) is 7.71. The van der Waals surface area contributed by atoms with Crippen LogP contribution in [-0.4, -0.2) is 11.1 Å². The molecule has 0 radical (unpaired) electrons. The van der Waals surface area contributed by atoms with Crippen molar-refractivity contribution in [3.63, 3.8) is 0 Å². The van der Waals surface area contributed by atoms with Crippen molar-refractivity contribution in [3.8, 4) is 0 Å². The highest BCUT2D eigenvalue weighted by Crippen LogP contribution is 2.37. The van der Waals surface area contributed by atoms with Gasteiger partial charge in [0.25, 0.3) is 0 Å². The van der Waals surface area contributed by atoms with Crippen LogP contribution < -0.4 is 0 Å². The second-order valence-electron chi connectivity index (χ2n) is 7.28. The van der Waals surface area contributed by atoms with Gasteiger partial charge in [-0.15, -0.1) is 5.11 Å². The number of hydrogen-bond donors (Lipinski definition) is 0. The lowest BCUT2D eigenvalue weighted by molar-refractivity contribution is 0.116. The van der Waals surface area contributed by atoms with Crippen LogP contribution in [0.2, 0.25) is 5.02 Å². The lowest BCUT2D eigenvalue weighted by Gasteiger charge is -2.37. The number of rotatable bonds is 3. The number of benzene rings is 2. The molecule has 0 amide bonds. The summed E-state index contributed by atoms with van der Waals surface area (Å²) in [6.45, 7) is 2.12. The molecule has 1 aliphatic heterocycles. The molecule has 1 unspecified atom stereocenters. The largest absolute Gasteiger partial charge is 0.264 e. The maximum absolute atomic E-state index is 6.03. The topological polar surface area (TPSA) is 28.0 Å². The summed E-state index contributed by atoms with van der Waals surface area (Å²) in [5.74, 6) is 0. The zero-order chi connectivity index (χ0) is 17.9. The molecule has 0 spiro atoms. The predicted octanol–water partition coefficient (Wildman–Crippen LogP) is 6.75. The van der Waals surface area contributed by atoms with Gasteiger partial charge in [0.2, 0.25) is 0 Å². The lowest BCUT2D eigenvalue weighted by Crippen LogP contribution is -2.36. The van der Waals surface area contributed by atoms with E-state index in [0.29, 0.717) is 6.04 Å². The Hall–Kier alpha value is -2.13. The predicted molar refractivity (Wildman–Crippen MR) is 107 cm³/mol. The van der Waals surface area contributed by atoms with Gasteiger partial charge in [-0.3, -0.25) is 5.01 Å². The van der Waals surface area contributed by atoms with Crippen molar-refractivity contribution in [2.45, 2.75) is 51.1 Å². The number of halogens is 1. The Morgan fingerprint density at radius 3 is 2.31 bits per heavy atom. The molecular formula is C22H24ClN3. The smallest absolute Gasteiger partial charge is 0.0945 e. The van der Waals surface area contributed by atoms with E-state index in [-0.39, 0.29) is 6.04 Å². The minimum Gasteiger partial charge on any atom is -0.264 e. The molecule has 134 valence electrons.